The molecule has 0 rings (SSSR count). The molecule has 0 spiro atoms. The summed E-state index contributed by atoms with van der Waals surface area (Å²) in [4.78, 5) is 35.2. The molecule has 0 radical (unpaired) electrons. The number of carbonyl (C=O) groups is 3. The van der Waals surface area contributed by atoms with Crippen LogP contribution in [-0.4, -0.2) is 75.7 Å². The minimum Gasteiger partial charge on any atom is -0.481 e. The van der Waals surface area contributed by atoms with Gasteiger partial charge in [0.1, 0.15) is 25.4 Å². The van der Waals surface area contributed by atoms with Gasteiger partial charge in [-0.15, -0.1) is 11.8 Å². The fourth-order valence-electron chi connectivity index (χ4n) is 4.29. The molecule has 0 aliphatic rings. The number of thioether (sulfide) groups is 1. The molecule has 0 saturated heterocycles. The van der Waals surface area contributed by atoms with Gasteiger partial charge in [0.25, 0.3) is 0 Å². The number of nitrogens with two attached hydrogens (primary N) is 1. The summed E-state index contributed by atoms with van der Waals surface area (Å²) in [7, 11) is 0. The SMILES string of the molecule is CCCCC/C=C\C\C=C/C=C/C=C/[C@@H](SC[C@H](N)C(=O)OC[C@@H](O)COC(=O)CCCCCCCCC)[C@@H](O)CCCC(=O)O. The van der Waals surface area contributed by atoms with E-state index in [9.17, 15) is 24.6 Å². The molecule has 9 nitrogen and oxygen atoms in total. The highest BCUT2D eigenvalue weighted by molar-refractivity contribution is 8.00. The quantitative estimate of drug-likeness (QED) is 0.0278. The molecule has 264 valence electrons. The zero-order valence-electron chi connectivity index (χ0n) is 28.2. The third kappa shape index (κ3) is 27.9. The largest absolute Gasteiger partial charge is 0.481 e. The molecular formula is C36H61NO8S. The van der Waals surface area contributed by atoms with Gasteiger partial charge in [0.15, 0.2) is 0 Å². The lowest BCUT2D eigenvalue weighted by molar-refractivity contribution is -0.153. The topological polar surface area (TPSA) is 156 Å². The minimum absolute atomic E-state index is 0.0431. The number of aliphatic hydroxyl groups excluding tert-OH is 2. The molecule has 46 heavy (non-hydrogen) atoms. The van der Waals surface area contributed by atoms with Crippen LogP contribution in [0.2, 0.25) is 0 Å². The normalized spacial score (nSPS) is 14.7. The first-order valence-electron chi connectivity index (χ1n) is 17.1. The van der Waals surface area contributed by atoms with Gasteiger partial charge < -0.3 is 30.5 Å². The molecule has 0 heterocycles. The highest BCUT2D eigenvalue weighted by Crippen LogP contribution is 2.21. The Kier molecular flexibility index (Phi) is 29.6. The smallest absolute Gasteiger partial charge is 0.323 e. The van der Waals surface area contributed by atoms with Crippen LogP contribution >= 0.6 is 11.8 Å². The van der Waals surface area contributed by atoms with E-state index in [-0.39, 0.29) is 37.8 Å². The van der Waals surface area contributed by atoms with Gasteiger partial charge in [-0.1, -0.05) is 114 Å². The maximum Gasteiger partial charge on any atom is 0.323 e. The first kappa shape index (κ1) is 43.6. The molecule has 0 amide bonds. The van der Waals surface area contributed by atoms with Gasteiger partial charge in [-0.05, 0) is 38.5 Å². The number of unbranched alkanes of at least 4 members (excludes halogenated alkanes) is 9. The van der Waals surface area contributed by atoms with Crippen LogP contribution in [0.3, 0.4) is 0 Å². The van der Waals surface area contributed by atoms with Crippen molar-refractivity contribution in [1.82, 2.24) is 0 Å². The maximum atomic E-state index is 12.4. The van der Waals surface area contributed by atoms with Crippen LogP contribution in [0.1, 0.15) is 117 Å². The zero-order chi connectivity index (χ0) is 34.3. The lowest BCUT2D eigenvalue weighted by Gasteiger charge is -2.21. The number of hydrogen-bond acceptors (Lipinski definition) is 9. The minimum atomic E-state index is -1.16. The molecule has 0 bridgehead atoms. The summed E-state index contributed by atoms with van der Waals surface area (Å²) in [5.41, 5.74) is 6.01. The Labute approximate surface area is 281 Å². The number of rotatable bonds is 30. The Hall–Kier alpha value is -2.40. The zero-order valence-corrected chi connectivity index (χ0v) is 29.0. The van der Waals surface area contributed by atoms with Gasteiger partial charge >= 0.3 is 17.9 Å². The van der Waals surface area contributed by atoms with Crippen molar-refractivity contribution in [2.45, 2.75) is 140 Å². The summed E-state index contributed by atoms with van der Waals surface area (Å²) in [5, 5.41) is 29.3. The average molecular weight is 668 g/mol. The van der Waals surface area contributed by atoms with Gasteiger partial charge in [0.05, 0.1) is 6.10 Å². The molecule has 10 heteroatoms. The van der Waals surface area contributed by atoms with Crippen LogP contribution in [0.15, 0.2) is 48.6 Å². The Morgan fingerprint density at radius 1 is 0.761 bits per heavy atom. The summed E-state index contributed by atoms with van der Waals surface area (Å²) in [5.74, 6) is -1.88. The van der Waals surface area contributed by atoms with E-state index >= 15 is 0 Å². The van der Waals surface area contributed by atoms with Crippen LogP contribution in [0.5, 0.6) is 0 Å². The predicted octanol–water partition coefficient (Wildman–Crippen LogP) is 6.81. The van der Waals surface area contributed by atoms with Crippen molar-refractivity contribution >= 4 is 29.7 Å². The van der Waals surface area contributed by atoms with Crippen molar-refractivity contribution in [2.24, 2.45) is 5.73 Å². The van der Waals surface area contributed by atoms with E-state index in [1.54, 1.807) is 12.2 Å². The van der Waals surface area contributed by atoms with Gasteiger partial charge in [-0.2, -0.15) is 0 Å². The molecule has 0 aromatic carbocycles. The highest BCUT2D eigenvalue weighted by Gasteiger charge is 2.22. The lowest BCUT2D eigenvalue weighted by atomic mass is 10.1. The van der Waals surface area contributed by atoms with Crippen LogP contribution in [-0.2, 0) is 23.9 Å². The standard InChI is InChI=1S/C36H61NO8S/c1-3-5-7-9-11-12-13-14-15-17-18-20-24-33(32(39)23-22-25-34(40)41)46-29-31(37)36(43)45-28-30(38)27-44-35(42)26-21-19-16-10-8-6-4-2/h11-12,14-15,17-18,20,24,30-33,38-39H,3-10,13,16,19,21-23,25-29,37H2,1-2H3,(H,40,41)/b12-11-,15-14-,18-17+,24-20+/t30-,31-,32-,33+/m0/s1. The number of ether oxygens (including phenoxy) is 2. The van der Waals surface area contributed by atoms with Gasteiger partial charge in [-0.3, -0.25) is 14.4 Å². The van der Waals surface area contributed by atoms with Crippen LogP contribution in [0.25, 0.3) is 0 Å². The second-order valence-corrected chi connectivity index (χ2v) is 12.7. The number of carbonyl (C=O) groups excluding carboxylic acids is 2. The Bertz CT molecular complexity index is 904. The summed E-state index contributed by atoms with van der Waals surface area (Å²) in [6, 6.07) is -1.01. The van der Waals surface area contributed by atoms with E-state index in [2.05, 4.69) is 32.1 Å². The molecular weight excluding hydrogens is 606 g/mol. The third-order valence-corrected chi connectivity index (χ3v) is 8.47. The number of esters is 2. The number of allylic oxidation sites excluding steroid dienone is 7. The van der Waals surface area contributed by atoms with Crippen molar-refractivity contribution in [3.63, 3.8) is 0 Å². The van der Waals surface area contributed by atoms with E-state index in [4.69, 9.17) is 20.3 Å². The average Bonchev–Trinajstić information content (AvgIpc) is 3.03. The number of hydrogen-bond donors (Lipinski definition) is 4. The van der Waals surface area contributed by atoms with E-state index in [1.165, 1.54) is 56.7 Å². The van der Waals surface area contributed by atoms with Crippen molar-refractivity contribution in [1.29, 1.82) is 0 Å². The second-order valence-electron chi connectivity index (χ2n) is 11.5. The molecule has 0 saturated carbocycles. The van der Waals surface area contributed by atoms with Crippen molar-refractivity contribution in [3.8, 4) is 0 Å². The highest BCUT2D eigenvalue weighted by atomic mass is 32.2. The number of aliphatic hydroxyl groups is 2. The number of carboxylic acid groups (broad SMARTS) is 1. The number of aliphatic carboxylic acids is 1. The molecule has 0 unspecified atom stereocenters. The van der Waals surface area contributed by atoms with E-state index in [0.29, 0.717) is 12.8 Å². The molecule has 0 aliphatic carbocycles. The number of carboxylic acids is 1. The summed E-state index contributed by atoms with van der Waals surface area (Å²) in [6.45, 7) is 3.75. The van der Waals surface area contributed by atoms with Crippen molar-refractivity contribution in [2.75, 3.05) is 19.0 Å². The fraction of sp³-hybridized carbons (Fsp3) is 0.694. The fourth-order valence-corrected chi connectivity index (χ4v) is 5.42. The van der Waals surface area contributed by atoms with Crippen LogP contribution < -0.4 is 5.73 Å². The van der Waals surface area contributed by atoms with Gasteiger partial charge in [0.2, 0.25) is 0 Å². The van der Waals surface area contributed by atoms with E-state index < -0.39 is 35.4 Å². The lowest BCUT2D eigenvalue weighted by Crippen LogP contribution is -2.38. The van der Waals surface area contributed by atoms with E-state index in [1.807, 2.05) is 18.2 Å². The van der Waals surface area contributed by atoms with Gasteiger partial charge in [0, 0.05) is 23.8 Å². The summed E-state index contributed by atoms with van der Waals surface area (Å²) < 4.78 is 10.2. The first-order chi connectivity index (χ1) is 22.2. The third-order valence-electron chi connectivity index (χ3n) is 7.06. The van der Waals surface area contributed by atoms with Crippen LogP contribution in [0.4, 0.5) is 0 Å². The van der Waals surface area contributed by atoms with Crippen LogP contribution in [0, 0.1) is 0 Å². The van der Waals surface area contributed by atoms with Crippen molar-refractivity contribution < 1.29 is 39.2 Å². The second kappa shape index (κ2) is 31.2. The molecule has 5 N–H and O–H groups in total. The Morgan fingerprint density at radius 3 is 2.13 bits per heavy atom. The van der Waals surface area contributed by atoms with Gasteiger partial charge in [-0.25, -0.2) is 0 Å². The Morgan fingerprint density at radius 2 is 1.41 bits per heavy atom. The first-order valence-corrected chi connectivity index (χ1v) is 18.2. The van der Waals surface area contributed by atoms with Crippen molar-refractivity contribution in [3.05, 3.63) is 48.6 Å². The predicted molar refractivity (Wildman–Crippen MR) is 188 cm³/mol. The molecule has 0 aromatic heterocycles. The molecule has 4 atom stereocenters. The van der Waals surface area contributed by atoms with E-state index in [0.717, 1.165) is 32.1 Å². The molecule has 0 aromatic rings. The monoisotopic (exact) mass is 667 g/mol. The maximum absolute atomic E-state index is 12.4. The summed E-state index contributed by atoms with van der Waals surface area (Å²) in [6.07, 6.45) is 27.9. The Balaban J connectivity index is 4.59. The molecule has 0 aliphatic heterocycles. The summed E-state index contributed by atoms with van der Waals surface area (Å²) >= 11 is 1.27. The molecule has 0 fully saturated rings.